The first kappa shape index (κ1) is 26.8. The third-order valence-electron chi connectivity index (χ3n) is 6.76. The van der Waals surface area contributed by atoms with Gasteiger partial charge in [0.25, 0.3) is 0 Å². The minimum Gasteiger partial charge on any atom is -0.480 e. The highest BCUT2D eigenvalue weighted by atomic mass is 35.5. The predicted molar refractivity (Wildman–Crippen MR) is 133 cm³/mol. The van der Waals surface area contributed by atoms with Crippen LogP contribution in [-0.2, 0) is 24.4 Å². The Labute approximate surface area is 216 Å². The largest absolute Gasteiger partial charge is 0.480 e. The summed E-state index contributed by atoms with van der Waals surface area (Å²) in [6.07, 6.45) is -5.19. The van der Waals surface area contributed by atoms with Crippen molar-refractivity contribution in [2.24, 2.45) is 7.05 Å². The van der Waals surface area contributed by atoms with Crippen molar-refractivity contribution in [3.63, 3.8) is 0 Å². The van der Waals surface area contributed by atoms with E-state index in [-0.39, 0.29) is 13.0 Å². The second-order valence-electron chi connectivity index (χ2n) is 9.10. The van der Waals surface area contributed by atoms with Crippen LogP contribution in [0.1, 0.15) is 34.2 Å². The number of carboxylic acids is 1. The van der Waals surface area contributed by atoms with Crippen molar-refractivity contribution in [3.05, 3.63) is 68.3 Å². The van der Waals surface area contributed by atoms with Crippen LogP contribution in [0.2, 0.25) is 10.0 Å². The lowest BCUT2D eigenvalue weighted by Crippen LogP contribution is -2.49. The minimum absolute atomic E-state index is 0.0509. The maximum absolute atomic E-state index is 13.3. The maximum Gasteiger partial charge on any atom is 0.416 e. The number of halogens is 5. The number of hydrogen-bond donors (Lipinski definition) is 2. The van der Waals surface area contributed by atoms with Crippen LogP contribution in [0.5, 0.6) is 0 Å². The van der Waals surface area contributed by atoms with Gasteiger partial charge in [0.15, 0.2) is 0 Å². The van der Waals surface area contributed by atoms with Crippen LogP contribution in [0, 0.1) is 6.92 Å². The monoisotopic (exact) mass is 543 g/mol. The molecule has 0 aliphatic carbocycles. The molecule has 0 saturated carbocycles. The molecule has 1 saturated heterocycles. The third-order valence-corrected chi connectivity index (χ3v) is 7.56. The number of aliphatic hydroxyl groups excluding tert-OH is 1. The normalized spacial score (nSPS) is 16.6. The molecule has 0 radical (unpaired) electrons. The number of aliphatic carboxylic acids is 1. The summed E-state index contributed by atoms with van der Waals surface area (Å²) in [5.74, 6) is -0.896. The van der Waals surface area contributed by atoms with E-state index < -0.39 is 23.9 Å². The molecule has 194 valence electrons. The van der Waals surface area contributed by atoms with Crippen LogP contribution in [0.4, 0.5) is 13.2 Å². The van der Waals surface area contributed by atoms with Gasteiger partial charge in [-0.3, -0.25) is 14.6 Å². The van der Waals surface area contributed by atoms with E-state index in [9.17, 15) is 23.1 Å². The number of aromatic nitrogens is 1. The molecule has 1 fully saturated rings. The van der Waals surface area contributed by atoms with Gasteiger partial charge in [-0.15, -0.1) is 0 Å². The predicted octanol–water partition coefficient (Wildman–Crippen LogP) is 5.10. The molecule has 6 nitrogen and oxygen atoms in total. The second-order valence-corrected chi connectivity index (χ2v) is 9.89. The van der Waals surface area contributed by atoms with Gasteiger partial charge in [0, 0.05) is 66.8 Å². The van der Waals surface area contributed by atoms with E-state index in [1.54, 1.807) is 35.6 Å². The summed E-state index contributed by atoms with van der Waals surface area (Å²) in [6.45, 7) is 3.52. The molecule has 2 aromatic carbocycles. The molecule has 1 atom stereocenters. The Balaban J connectivity index is 1.62. The number of alkyl halides is 3. The van der Waals surface area contributed by atoms with Crippen molar-refractivity contribution >= 4 is 40.1 Å². The number of hydrogen-bond acceptors (Lipinski definition) is 4. The topological polar surface area (TPSA) is 68.9 Å². The van der Waals surface area contributed by atoms with Crippen molar-refractivity contribution in [1.29, 1.82) is 0 Å². The lowest BCUT2D eigenvalue weighted by molar-refractivity contribution is -0.139. The Hall–Kier alpha value is -2.30. The van der Waals surface area contributed by atoms with Gasteiger partial charge in [-0.2, -0.15) is 13.2 Å². The van der Waals surface area contributed by atoms with Gasteiger partial charge >= 0.3 is 12.1 Å². The van der Waals surface area contributed by atoms with E-state index in [2.05, 4.69) is 0 Å². The number of rotatable bonds is 6. The van der Waals surface area contributed by atoms with Crippen LogP contribution in [0.25, 0.3) is 10.9 Å². The highest BCUT2D eigenvalue weighted by molar-refractivity contribution is 6.36. The Morgan fingerprint density at radius 1 is 1.11 bits per heavy atom. The van der Waals surface area contributed by atoms with Crippen LogP contribution in [-0.4, -0.2) is 63.3 Å². The van der Waals surface area contributed by atoms with Gasteiger partial charge in [0.2, 0.25) is 0 Å². The van der Waals surface area contributed by atoms with Crippen LogP contribution in [0.15, 0.2) is 30.3 Å². The lowest BCUT2D eigenvalue weighted by atomic mass is 10.0. The summed E-state index contributed by atoms with van der Waals surface area (Å²) in [6, 6.07) is 7.42. The summed E-state index contributed by atoms with van der Waals surface area (Å²) in [7, 11) is 1.70. The second kappa shape index (κ2) is 10.2. The molecule has 2 heterocycles. The summed E-state index contributed by atoms with van der Waals surface area (Å²) >= 11 is 13.2. The molecule has 0 bridgehead atoms. The van der Waals surface area contributed by atoms with Crippen molar-refractivity contribution in [1.82, 2.24) is 14.4 Å². The van der Waals surface area contributed by atoms with Crippen molar-refractivity contribution in [3.8, 4) is 0 Å². The maximum atomic E-state index is 13.3. The number of benzene rings is 2. The van der Waals surface area contributed by atoms with Crippen LogP contribution in [0.3, 0.4) is 0 Å². The zero-order valence-electron chi connectivity index (χ0n) is 19.7. The third kappa shape index (κ3) is 5.35. The number of aryl methyl sites for hydroxylation is 2. The zero-order chi connectivity index (χ0) is 26.4. The Morgan fingerprint density at radius 3 is 2.39 bits per heavy atom. The van der Waals surface area contributed by atoms with Crippen molar-refractivity contribution in [2.75, 3.05) is 32.7 Å². The smallest absolute Gasteiger partial charge is 0.416 e. The first-order chi connectivity index (χ1) is 16.9. The molecule has 1 aromatic heterocycles. The number of carboxylic acid groups (broad SMARTS) is 1. The van der Waals surface area contributed by atoms with E-state index >= 15 is 0 Å². The van der Waals surface area contributed by atoms with E-state index in [4.69, 9.17) is 28.3 Å². The van der Waals surface area contributed by atoms with E-state index in [0.717, 1.165) is 17.8 Å². The van der Waals surface area contributed by atoms with Crippen molar-refractivity contribution in [2.45, 2.75) is 25.7 Å². The van der Waals surface area contributed by atoms with E-state index in [1.165, 1.54) is 0 Å². The first-order valence-corrected chi connectivity index (χ1v) is 12.1. The minimum atomic E-state index is -4.44. The molecular formula is C25H26Cl2F3N3O3. The average Bonchev–Trinajstić information content (AvgIpc) is 3.12. The SMILES string of the molecule is Cc1cc(C(F)(F)F)cc2c1cc(Cc1c(Cl)ccc(C(O)N3CCN(CC(=O)O)CC3)c1Cl)n2C. The molecule has 1 aliphatic heterocycles. The summed E-state index contributed by atoms with van der Waals surface area (Å²) in [5, 5.41) is 21.4. The van der Waals surface area contributed by atoms with Gasteiger partial charge in [-0.1, -0.05) is 29.3 Å². The molecular weight excluding hydrogens is 518 g/mol. The van der Waals surface area contributed by atoms with E-state index in [0.29, 0.717) is 63.8 Å². The zero-order valence-corrected chi connectivity index (χ0v) is 21.3. The first-order valence-electron chi connectivity index (χ1n) is 11.4. The van der Waals surface area contributed by atoms with Crippen LogP contribution >= 0.6 is 23.2 Å². The molecule has 11 heteroatoms. The number of aliphatic hydroxyl groups is 1. The summed E-state index contributed by atoms with van der Waals surface area (Å²) in [5.41, 5.74) is 2.04. The highest BCUT2D eigenvalue weighted by Crippen LogP contribution is 2.37. The lowest BCUT2D eigenvalue weighted by Gasteiger charge is -2.37. The summed E-state index contributed by atoms with van der Waals surface area (Å²) in [4.78, 5) is 14.6. The van der Waals surface area contributed by atoms with E-state index in [1.807, 2.05) is 11.0 Å². The number of carbonyl (C=O) groups is 1. The molecule has 0 amide bonds. The summed E-state index contributed by atoms with van der Waals surface area (Å²) < 4.78 is 41.7. The van der Waals surface area contributed by atoms with Gasteiger partial charge in [-0.25, -0.2) is 0 Å². The van der Waals surface area contributed by atoms with Gasteiger partial charge in [-0.05, 0) is 42.3 Å². The van der Waals surface area contributed by atoms with Crippen molar-refractivity contribution < 1.29 is 28.2 Å². The standard InChI is InChI=1S/C25H26Cl2F3N3O3/c1-14-9-15(25(28,29)30)10-21-18(14)11-16(31(21)2)12-19-20(26)4-3-17(23(19)27)24(36)33-7-5-32(6-8-33)13-22(34)35/h3-4,9-11,24,36H,5-8,12-13H2,1-2H3,(H,34,35). The Bertz CT molecular complexity index is 1300. The molecule has 2 N–H and O–H groups in total. The molecule has 4 rings (SSSR count). The number of fused-ring (bicyclic) bond motifs is 1. The van der Waals surface area contributed by atoms with Crippen LogP contribution < -0.4 is 0 Å². The Morgan fingerprint density at radius 2 is 1.78 bits per heavy atom. The Kier molecular flexibility index (Phi) is 7.60. The fraction of sp³-hybridized carbons (Fsp3) is 0.400. The van der Waals surface area contributed by atoms with Gasteiger partial charge in [0.05, 0.1) is 17.1 Å². The molecule has 0 spiro atoms. The number of piperazine rings is 1. The fourth-order valence-electron chi connectivity index (χ4n) is 4.71. The molecule has 3 aromatic rings. The molecule has 1 aliphatic rings. The fourth-order valence-corrected chi connectivity index (χ4v) is 5.31. The van der Waals surface area contributed by atoms with Gasteiger partial charge < -0.3 is 14.8 Å². The quantitative estimate of drug-likeness (QED) is 0.453. The van der Waals surface area contributed by atoms with Gasteiger partial charge in [0.1, 0.15) is 6.23 Å². The number of nitrogens with zero attached hydrogens (tertiary/aromatic N) is 3. The molecule has 1 unspecified atom stereocenters. The highest BCUT2D eigenvalue weighted by Gasteiger charge is 2.32. The molecule has 36 heavy (non-hydrogen) atoms. The average molecular weight is 544 g/mol.